The second-order valence-electron chi connectivity index (χ2n) is 28.3. The normalized spacial score (nSPS) is 13.6. The van der Waals surface area contributed by atoms with E-state index in [1.165, 1.54) is 166 Å². The Labute approximate surface area is 639 Å². The molecule has 0 unspecified atom stereocenters. The van der Waals surface area contributed by atoms with Crippen LogP contribution in [0, 0.1) is 0 Å². The van der Waals surface area contributed by atoms with Crippen LogP contribution in [0.3, 0.4) is 0 Å². The topological polar surface area (TPSA) is 9.86 Å². The Hall–Kier alpha value is -9.76. The van der Waals surface area contributed by atoms with Crippen molar-refractivity contribution in [2.45, 2.75) is 201 Å². The summed E-state index contributed by atoms with van der Waals surface area (Å²) in [6, 6.07) is 89.4. The van der Waals surface area contributed by atoms with Crippen molar-refractivity contribution in [1.82, 2.24) is 9.13 Å². The lowest BCUT2D eigenvalue weighted by Crippen LogP contribution is -2.17. The Morgan fingerprint density at radius 3 is 1.15 bits per heavy atom. The van der Waals surface area contributed by atoms with Gasteiger partial charge < -0.3 is 9.13 Å². The molecule has 0 N–H and O–H groups in total. The second kappa shape index (κ2) is 33.8. The third kappa shape index (κ3) is 13.1. The van der Waals surface area contributed by atoms with E-state index in [0.29, 0.717) is 0 Å². The Morgan fingerprint density at radius 1 is 0.226 bits per heavy atom. The minimum absolute atomic E-state index is 0.0353. The number of rotatable bonds is 0. The molecule has 0 saturated carbocycles. The van der Waals surface area contributed by atoms with Crippen molar-refractivity contribution in [2.75, 3.05) is 0 Å². The number of para-hydroxylation sites is 2. The standard InChI is InChI=1S/2C22H19N.2C22H18.8C2H6/c1-22(2)18-10-6-4-8-14(18)16-12-13-17-15-9-5-7-11-19(15)23(3)21(17)20(16)22;1-22(2)16-10-6-4-8-14(16)20-17(22)12-13-19-21(20)15-9-5-7-11-18(15)23(19)3;1-22(2)18-10-6-5-9-17(18)21-19(22)12-11-15-13-14-7-3-4-8-16(14)20(15)21;1-22(2)20-10-6-5-9-17(20)18-12-11-16-15-8-4-3-7-14(15)13-19(16)21(18)22;8*1-2/h2*4-13H,1-3H3;2*3-12H,13H2,1-2H3;8*1-2H3. The fourth-order valence-electron chi connectivity index (χ4n) is 17.9. The molecule has 0 aliphatic heterocycles. The highest BCUT2D eigenvalue weighted by molar-refractivity contribution is 6.17. The van der Waals surface area contributed by atoms with E-state index in [2.05, 4.69) is 321 Å². The first-order valence-electron chi connectivity index (χ1n) is 40.5. The molecule has 0 fully saturated rings. The summed E-state index contributed by atoms with van der Waals surface area (Å²) in [5.74, 6) is 0. The SMILES string of the molecule is CC.CC.CC.CC.CC.CC.CC.CC.CC1(C)c2ccccc2-c2c1ccc1c2-c2ccccc2C1.CC1(C)c2ccccc2-c2ccc3c(c21)Cc1ccccc1-3.Cn1c2ccccc2c2c3c(ccc21)C(C)(C)c1ccccc1-3.Cn1c2ccccc2c2ccc3c(c21)C(C)(C)c1ccccc1-3. The van der Waals surface area contributed by atoms with E-state index in [1.807, 2.05) is 111 Å². The van der Waals surface area contributed by atoms with Gasteiger partial charge in [0.15, 0.2) is 0 Å². The van der Waals surface area contributed by atoms with Crippen LogP contribution in [0.25, 0.3) is 110 Å². The van der Waals surface area contributed by atoms with E-state index < -0.39 is 0 Å². The van der Waals surface area contributed by atoms with Gasteiger partial charge in [0, 0.05) is 73.9 Å². The van der Waals surface area contributed by atoms with Crippen molar-refractivity contribution in [3.8, 4) is 66.8 Å². The van der Waals surface area contributed by atoms with E-state index in [0.717, 1.165) is 12.8 Å². The minimum Gasteiger partial charge on any atom is -0.344 e. The van der Waals surface area contributed by atoms with Gasteiger partial charge in [-0.1, -0.05) is 391 Å². The van der Waals surface area contributed by atoms with E-state index in [4.69, 9.17) is 0 Å². The summed E-state index contributed by atoms with van der Waals surface area (Å²) >= 11 is 0. The minimum atomic E-state index is 0.0353. The number of fused-ring (bicyclic) bond motifs is 28. The van der Waals surface area contributed by atoms with Crippen LogP contribution in [-0.2, 0) is 48.6 Å². The average molecular weight is 1400 g/mol. The molecule has 14 aromatic rings. The van der Waals surface area contributed by atoms with Gasteiger partial charge in [-0.2, -0.15) is 0 Å². The van der Waals surface area contributed by atoms with Crippen LogP contribution in [0.5, 0.6) is 0 Å². The van der Waals surface area contributed by atoms with Gasteiger partial charge in [-0.25, -0.2) is 0 Å². The zero-order valence-electron chi connectivity index (χ0n) is 69.4. The molecule has 0 atom stereocenters. The Morgan fingerprint density at radius 2 is 0.604 bits per heavy atom. The van der Waals surface area contributed by atoms with Gasteiger partial charge in [-0.05, 0) is 165 Å². The highest BCUT2D eigenvalue weighted by Gasteiger charge is 2.42. The molecule has 2 heteroatoms. The second-order valence-corrected chi connectivity index (χ2v) is 28.3. The lowest BCUT2D eigenvalue weighted by Gasteiger charge is -2.24. The third-order valence-corrected chi connectivity index (χ3v) is 22.2. The molecule has 2 aromatic heterocycles. The fourth-order valence-corrected chi connectivity index (χ4v) is 17.9. The van der Waals surface area contributed by atoms with Crippen molar-refractivity contribution in [1.29, 1.82) is 0 Å². The molecule has 2 nitrogen and oxygen atoms in total. The van der Waals surface area contributed by atoms with Crippen molar-refractivity contribution >= 4 is 43.6 Å². The molecule has 6 aliphatic rings. The summed E-state index contributed by atoms with van der Waals surface area (Å²) in [4.78, 5) is 0. The third-order valence-electron chi connectivity index (χ3n) is 22.2. The molecule has 0 bridgehead atoms. The highest BCUT2D eigenvalue weighted by Crippen LogP contribution is 2.58. The first-order chi connectivity index (χ1) is 51.6. The number of hydrogen-bond acceptors (Lipinski definition) is 0. The van der Waals surface area contributed by atoms with Crippen LogP contribution in [0.2, 0.25) is 0 Å². The van der Waals surface area contributed by atoms with E-state index in [9.17, 15) is 0 Å². The summed E-state index contributed by atoms with van der Waals surface area (Å²) in [6.45, 7) is 50.9. The maximum absolute atomic E-state index is 2.38. The molecule has 0 spiro atoms. The van der Waals surface area contributed by atoms with Crippen molar-refractivity contribution in [2.24, 2.45) is 14.1 Å². The van der Waals surface area contributed by atoms with Gasteiger partial charge >= 0.3 is 0 Å². The summed E-state index contributed by atoms with van der Waals surface area (Å²) < 4.78 is 4.69. The van der Waals surface area contributed by atoms with Crippen LogP contribution in [0.1, 0.15) is 233 Å². The maximum Gasteiger partial charge on any atom is 0.0536 e. The molecule has 12 aromatic carbocycles. The van der Waals surface area contributed by atoms with Crippen molar-refractivity contribution < 1.29 is 0 Å². The van der Waals surface area contributed by atoms with E-state index in [-0.39, 0.29) is 21.7 Å². The van der Waals surface area contributed by atoms with E-state index >= 15 is 0 Å². The van der Waals surface area contributed by atoms with Crippen molar-refractivity contribution in [3.63, 3.8) is 0 Å². The van der Waals surface area contributed by atoms with Gasteiger partial charge in [0.2, 0.25) is 0 Å². The molecule has 548 valence electrons. The fraction of sp³-hybridized carbons (Fsp3) is 0.308. The Bertz CT molecular complexity index is 5390. The van der Waals surface area contributed by atoms with Crippen LogP contribution in [0.15, 0.2) is 243 Å². The van der Waals surface area contributed by atoms with Crippen LogP contribution in [-0.4, -0.2) is 9.13 Å². The number of aryl methyl sites for hydroxylation is 2. The summed E-state index contributed by atoms with van der Waals surface area (Å²) in [5, 5.41) is 5.47. The summed E-state index contributed by atoms with van der Waals surface area (Å²) in [7, 11) is 4.37. The van der Waals surface area contributed by atoms with Gasteiger partial charge in [0.25, 0.3) is 0 Å². The van der Waals surface area contributed by atoms with Crippen LogP contribution < -0.4 is 0 Å². The average Bonchev–Trinajstić information content (AvgIpc) is 1.57. The molecule has 20 rings (SSSR count). The quantitative estimate of drug-likeness (QED) is 0.143. The van der Waals surface area contributed by atoms with Gasteiger partial charge in [0.1, 0.15) is 0 Å². The number of benzene rings is 12. The van der Waals surface area contributed by atoms with Gasteiger partial charge in [-0.15, -0.1) is 0 Å². The molecule has 106 heavy (non-hydrogen) atoms. The number of hydrogen-bond donors (Lipinski definition) is 0. The van der Waals surface area contributed by atoms with Crippen molar-refractivity contribution in [3.05, 3.63) is 309 Å². The first kappa shape index (κ1) is 80.3. The molecule has 0 amide bonds. The molecule has 0 radical (unpaired) electrons. The smallest absolute Gasteiger partial charge is 0.0536 e. The molecular formula is C104H122N2. The zero-order chi connectivity index (χ0) is 77.3. The largest absolute Gasteiger partial charge is 0.344 e. The Balaban J connectivity index is 0.000000154. The van der Waals surface area contributed by atoms with Gasteiger partial charge in [0.05, 0.1) is 5.52 Å². The predicted octanol–water partition coefficient (Wildman–Crippen LogP) is 30.6. The lowest BCUT2D eigenvalue weighted by molar-refractivity contribution is 0.654. The van der Waals surface area contributed by atoms with Crippen LogP contribution in [0.4, 0.5) is 0 Å². The summed E-state index contributed by atoms with van der Waals surface area (Å²) in [6.07, 6.45) is 2.15. The number of nitrogens with zero attached hydrogens (tertiary/aromatic N) is 2. The molecular weight excluding hydrogens is 1280 g/mol. The highest BCUT2D eigenvalue weighted by atomic mass is 14.9. The number of aromatic nitrogens is 2. The Kier molecular flexibility index (Phi) is 25.6. The zero-order valence-corrected chi connectivity index (χ0v) is 69.4. The molecule has 0 saturated heterocycles. The monoisotopic (exact) mass is 1400 g/mol. The lowest BCUT2D eigenvalue weighted by atomic mass is 9.79. The predicted molar refractivity (Wildman–Crippen MR) is 471 cm³/mol. The first-order valence-corrected chi connectivity index (χ1v) is 40.5. The molecule has 6 aliphatic carbocycles. The van der Waals surface area contributed by atoms with Crippen LogP contribution >= 0.6 is 0 Å². The van der Waals surface area contributed by atoms with Gasteiger partial charge in [-0.3, -0.25) is 0 Å². The maximum atomic E-state index is 2.38. The van der Waals surface area contributed by atoms with E-state index in [1.54, 1.807) is 11.1 Å². The molecule has 2 heterocycles. The summed E-state index contributed by atoms with van der Waals surface area (Å²) in [5.41, 5.74) is 40.4.